The van der Waals surface area contributed by atoms with Crippen LogP contribution in [-0.2, 0) is 13.1 Å². The van der Waals surface area contributed by atoms with E-state index in [-0.39, 0.29) is 0 Å². The molecule has 0 radical (unpaired) electrons. The smallest absolute Gasteiger partial charge is 0.0547 e. The van der Waals surface area contributed by atoms with Crippen LogP contribution in [0.5, 0.6) is 0 Å². The van der Waals surface area contributed by atoms with Crippen molar-refractivity contribution in [2.45, 2.75) is 51.2 Å². The van der Waals surface area contributed by atoms with Crippen molar-refractivity contribution >= 4 is 0 Å². The molecule has 2 heterocycles. The van der Waals surface area contributed by atoms with Crippen molar-refractivity contribution in [1.29, 1.82) is 0 Å². The first kappa shape index (κ1) is 12.1. The van der Waals surface area contributed by atoms with Crippen LogP contribution in [0.3, 0.4) is 0 Å². The van der Waals surface area contributed by atoms with E-state index in [1.165, 1.54) is 44.3 Å². The standard InChI is InChI=1S/C15H23N3/c16-10-13-6-2-7-14(17-13)11-18-9-3-5-12-4-1-8-15(12)18/h2,6-7,12,15H,1,3-5,8-11,16H2. The number of hydrogen-bond donors (Lipinski definition) is 1. The first-order valence-corrected chi connectivity index (χ1v) is 7.26. The molecular weight excluding hydrogens is 222 g/mol. The molecule has 2 atom stereocenters. The highest BCUT2D eigenvalue weighted by Gasteiger charge is 2.34. The van der Waals surface area contributed by atoms with Crippen LogP contribution in [0, 0.1) is 5.92 Å². The van der Waals surface area contributed by atoms with Crippen molar-refractivity contribution in [3.8, 4) is 0 Å². The van der Waals surface area contributed by atoms with Gasteiger partial charge in [0, 0.05) is 19.1 Å². The van der Waals surface area contributed by atoms with Gasteiger partial charge in [-0.2, -0.15) is 0 Å². The van der Waals surface area contributed by atoms with E-state index >= 15 is 0 Å². The predicted octanol–water partition coefficient (Wildman–Crippen LogP) is 2.30. The summed E-state index contributed by atoms with van der Waals surface area (Å²) in [4.78, 5) is 7.29. The molecule has 0 bridgehead atoms. The van der Waals surface area contributed by atoms with Crippen LogP contribution >= 0.6 is 0 Å². The van der Waals surface area contributed by atoms with Crippen molar-refractivity contribution in [2.24, 2.45) is 11.7 Å². The van der Waals surface area contributed by atoms with Crippen molar-refractivity contribution in [3.63, 3.8) is 0 Å². The van der Waals surface area contributed by atoms with Gasteiger partial charge in [0.25, 0.3) is 0 Å². The molecule has 1 aromatic heterocycles. The fourth-order valence-corrected chi connectivity index (χ4v) is 3.69. The zero-order valence-corrected chi connectivity index (χ0v) is 11.0. The second-order valence-electron chi connectivity index (χ2n) is 5.70. The molecule has 3 nitrogen and oxygen atoms in total. The first-order chi connectivity index (χ1) is 8.86. The fourth-order valence-electron chi connectivity index (χ4n) is 3.69. The van der Waals surface area contributed by atoms with E-state index in [2.05, 4.69) is 22.0 Å². The van der Waals surface area contributed by atoms with E-state index in [1.807, 2.05) is 6.07 Å². The molecule has 2 N–H and O–H groups in total. The number of fused-ring (bicyclic) bond motifs is 1. The van der Waals surface area contributed by atoms with E-state index in [9.17, 15) is 0 Å². The Kier molecular flexibility index (Phi) is 3.62. The van der Waals surface area contributed by atoms with Gasteiger partial charge < -0.3 is 5.73 Å². The maximum atomic E-state index is 5.66. The zero-order valence-electron chi connectivity index (χ0n) is 11.0. The number of pyridine rings is 1. The Labute approximate surface area is 109 Å². The number of likely N-dealkylation sites (tertiary alicyclic amines) is 1. The van der Waals surface area contributed by atoms with Gasteiger partial charge in [-0.25, -0.2) is 0 Å². The highest BCUT2D eigenvalue weighted by molar-refractivity contribution is 5.11. The molecular formula is C15H23N3. The SMILES string of the molecule is NCc1cccc(CN2CCCC3CCCC32)n1. The third kappa shape index (κ3) is 2.43. The van der Waals surface area contributed by atoms with Gasteiger partial charge in [0.05, 0.1) is 11.4 Å². The van der Waals surface area contributed by atoms with Gasteiger partial charge in [-0.05, 0) is 50.3 Å². The third-order valence-electron chi connectivity index (χ3n) is 4.55. The molecule has 3 rings (SSSR count). The van der Waals surface area contributed by atoms with Crippen LogP contribution in [0.4, 0.5) is 0 Å². The lowest BCUT2D eigenvalue weighted by molar-refractivity contribution is 0.104. The minimum Gasteiger partial charge on any atom is -0.325 e. The Morgan fingerprint density at radius 1 is 1.17 bits per heavy atom. The number of nitrogens with two attached hydrogens (primary N) is 1. The van der Waals surface area contributed by atoms with Crippen molar-refractivity contribution < 1.29 is 0 Å². The normalized spacial score (nSPS) is 28.3. The fraction of sp³-hybridized carbons (Fsp3) is 0.667. The van der Waals surface area contributed by atoms with Crippen LogP contribution in [0.2, 0.25) is 0 Å². The van der Waals surface area contributed by atoms with E-state index in [0.29, 0.717) is 6.54 Å². The van der Waals surface area contributed by atoms with Crippen LogP contribution in [0.15, 0.2) is 18.2 Å². The third-order valence-corrected chi connectivity index (χ3v) is 4.55. The summed E-state index contributed by atoms with van der Waals surface area (Å²) in [6.07, 6.45) is 7.05. The van der Waals surface area contributed by atoms with E-state index < -0.39 is 0 Å². The van der Waals surface area contributed by atoms with Gasteiger partial charge in [0.15, 0.2) is 0 Å². The maximum Gasteiger partial charge on any atom is 0.0547 e. The Hall–Kier alpha value is -0.930. The molecule has 1 aliphatic heterocycles. The molecule has 1 saturated carbocycles. The summed E-state index contributed by atoms with van der Waals surface area (Å²) in [5.74, 6) is 0.955. The zero-order chi connectivity index (χ0) is 12.4. The quantitative estimate of drug-likeness (QED) is 0.888. The number of rotatable bonds is 3. The number of piperidine rings is 1. The van der Waals surface area contributed by atoms with Crippen molar-refractivity contribution in [1.82, 2.24) is 9.88 Å². The van der Waals surface area contributed by atoms with E-state index in [0.717, 1.165) is 24.2 Å². The Bertz CT molecular complexity index is 404. The second-order valence-corrected chi connectivity index (χ2v) is 5.70. The molecule has 1 aromatic rings. The van der Waals surface area contributed by atoms with Crippen LogP contribution < -0.4 is 5.73 Å². The molecule has 1 aliphatic carbocycles. The van der Waals surface area contributed by atoms with Crippen molar-refractivity contribution in [3.05, 3.63) is 29.6 Å². The maximum absolute atomic E-state index is 5.66. The van der Waals surface area contributed by atoms with Gasteiger partial charge in [0.1, 0.15) is 0 Å². The molecule has 2 fully saturated rings. The average molecular weight is 245 g/mol. The molecule has 1 saturated heterocycles. The molecule has 0 spiro atoms. The van der Waals surface area contributed by atoms with Crippen LogP contribution in [0.1, 0.15) is 43.5 Å². The molecule has 18 heavy (non-hydrogen) atoms. The highest BCUT2D eigenvalue weighted by atomic mass is 15.2. The number of aromatic nitrogens is 1. The summed E-state index contributed by atoms with van der Waals surface area (Å²) in [5.41, 5.74) is 7.85. The Morgan fingerprint density at radius 3 is 2.89 bits per heavy atom. The lowest BCUT2D eigenvalue weighted by Crippen LogP contribution is -2.42. The lowest BCUT2D eigenvalue weighted by Gasteiger charge is -2.37. The Balaban J connectivity index is 1.70. The van der Waals surface area contributed by atoms with Gasteiger partial charge in [-0.1, -0.05) is 12.5 Å². The molecule has 0 amide bonds. The van der Waals surface area contributed by atoms with Crippen LogP contribution in [0.25, 0.3) is 0 Å². The van der Waals surface area contributed by atoms with Crippen molar-refractivity contribution in [2.75, 3.05) is 6.54 Å². The summed E-state index contributed by atoms with van der Waals surface area (Å²) in [7, 11) is 0. The van der Waals surface area contributed by atoms with Crippen LogP contribution in [-0.4, -0.2) is 22.5 Å². The highest BCUT2D eigenvalue weighted by Crippen LogP contribution is 2.37. The molecule has 3 heteroatoms. The van der Waals surface area contributed by atoms with Gasteiger partial charge in [-0.15, -0.1) is 0 Å². The second kappa shape index (κ2) is 5.37. The van der Waals surface area contributed by atoms with E-state index in [4.69, 9.17) is 5.73 Å². The van der Waals surface area contributed by atoms with Gasteiger partial charge >= 0.3 is 0 Å². The summed E-state index contributed by atoms with van der Waals surface area (Å²) in [6.45, 7) is 2.80. The molecule has 2 aliphatic rings. The topological polar surface area (TPSA) is 42.1 Å². The minimum atomic E-state index is 0.542. The number of nitrogens with zero attached hydrogens (tertiary/aromatic N) is 2. The summed E-state index contributed by atoms with van der Waals surface area (Å²) < 4.78 is 0. The molecule has 2 unspecified atom stereocenters. The summed E-state index contributed by atoms with van der Waals surface area (Å²) >= 11 is 0. The molecule has 98 valence electrons. The number of hydrogen-bond acceptors (Lipinski definition) is 3. The summed E-state index contributed by atoms with van der Waals surface area (Å²) in [5, 5.41) is 0. The first-order valence-electron chi connectivity index (χ1n) is 7.26. The van der Waals surface area contributed by atoms with Gasteiger partial charge in [0.2, 0.25) is 0 Å². The average Bonchev–Trinajstić information content (AvgIpc) is 2.88. The predicted molar refractivity (Wildman–Crippen MR) is 72.9 cm³/mol. The minimum absolute atomic E-state index is 0.542. The largest absolute Gasteiger partial charge is 0.325 e. The Morgan fingerprint density at radius 2 is 2.00 bits per heavy atom. The van der Waals surface area contributed by atoms with Gasteiger partial charge in [-0.3, -0.25) is 9.88 Å². The monoisotopic (exact) mass is 245 g/mol. The molecule has 0 aromatic carbocycles. The lowest BCUT2D eigenvalue weighted by atomic mass is 9.92. The van der Waals surface area contributed by atoms with E-state index in [1.54, 1.807) is 0 Å². The summed E-state index contributed by atoms with van der Waals surface area (Å²) in [6, 6.07) is 7.05.